The van der Waals surface area contributed by atoms with Crippen LogP contribution in [0.2, 0.25) is 0 Å². The number of para-hydroxylation sites is 2. The third kappa shape index (κ3) is 7.44. The second-order valence-corrected chi connectivity index (χ2v) is 16.4. The van der Waals surface area contributed by atoms with Crippen LogP contribution in [0.25, 0.3) is 100 Å². The molecular weight excluding hydrogens is 819 g/mol. The largest absolute Gasteiger partial charge is 0.486 e. The van der Waals surface area contributed by atoms with Gasteiger partial charge in [-0.3, -0.25) is 4.57 Å². The van der Waals surface area contributed by atoms with Crippen molar-refractivity contribution in [1.29, 1.82) is 0 Å². The Hall–Kier alpha value is -8.74. The highest BCUT2D eigenvalue weighted by molar-refractivity contribution is 6.18. The minimum absolute atomic E-state index is 0.356. The van der Waals surface area contributed by atoms with Crippen molar-refractivity contribution < 1.29 is 4.74 Å². The average Bonchev–Trinajstić information content (AvgIpc) is 3.93. The first-order valence-electron chi connectivity index (χ1n) is 22.9. The van der Waals surface area contributed by atoms with E-state index in [1.165, 1.54) is 21.9 Å². The number of hydrogen-bond donors (Lipinski definition) is 1. The normalized spacial score (nSPS) is 11.3. The van der Waals surface area contributed by atoms with Gasteiger partial charge in [0.1, 0.15) is 6.61 Å². The third-order valence-corrected chi connectivity index (χ3v) is 12.4. The first-order chi connectivity index (χ1) is 33.2. The molecule has 0 atom stereocenters. The van der Waals surface area contributed by atoms with E-state index >= 15 is 0 Å². The fraction of sp³-hybridized carbons (Fsp3) is 0.0492. The number of fused-ring (bicyclic) bond motifs is 6. The Morgan fingerprint density at radius 2 is 0.955 bits per heavy atom. The smallest absolute Gasteiger partial charge is 0.235 e. The van der Waals surface area contributed by atoms with Crippen LogP contribution in [0.5, 0.6) is 5.75 Å². The summed E-state index contributed by atoms with van der Waals surface area (Å²) in [6.07, 6.45) is 0. The minimum Gasteiger partial charge on any atom is -0.486 e. The summed E-state index contributed by atoms with van der Waals surface area (Å²) in [4.78, 5) is 11.0. The van der Waals surface area contributed by atoms with E-state index in [0.29, 0.717) is 24.0 Å². The van der Waals surface area contributed by atoms with Crippen molar-refractivity contribution in [1.82, 2.24) is 19.1 Å². The lowest BCUT2D eigenvalue weighted by atomic mass is 10.0. The molecule has 0 radical (unpaired) electrons. The van der Waals surface area contributed by atoms with Gasteiger partial charge in [-0.2, -0.15) is 0 Å². The number of hydrogen-bond acceptors (Lipinski definition) is 4. The van der Waals surface area contributed by atoms with Crippen LogP contribution in [0.3, 0.4) is 0 Å². The van der Waals surface area contributed by atoms with Crippen molar-refractivity contribution in [3.63, 3.8) is 0 Å². The molecule has 0 aliphatic carbocycles. The molecule has 0 unspecified atom stereocenters. The number of aromatic nitrogens is 4. The predicted octanol–water partition coefficient (Wildman–Crippen LogP) is 15.5. The SMILES string of the molecule is CC.Nc1ccc2c(c1OCc1ccccc1)c1cccc(-n3c4ccccc4c4cc(-c5ccccc5)ccc43)c1n2-c1nc(-c2ccccc2)cc(-c2cccc(-c3ccccc3)c2)n1. The first-order valence-corrected chi connectivity index (χ1v) is 22.9. The van der Waals surface area contributed by atoms with Gasteiger partial charge in [-0.05, 0) is 76.3 Å². The van der Waals surface area contributed by atoms with Gasteiger partial charge in [0.15, 0.2) is 5.75 Å². The van der Waals surface area contributed by atoms with Gasteiger partial charge in [0.25, 0.3) is 0 Å². The molecule has 0 saturated heterocycles. The molecule has 12 rings (SSSR count). The maximum absolute atomic E-state index is 6.92. The number of benzene rings is 9. The second kappa shape index (κ2) is 17.7. The monoisotopic (exact) mass is 865 g/mol. The lowest BCUT2D eigenvalue weighted by Gasteiger charge is -2.15. The lowest BCUT2D eigenvalue weighted by molar-refractivity contribution is 0.312. The molecule has 2 N–H and O–H groups in total. The Bertz CT molecular complexity index is 3710. The third-order valence-electron chi connectivity index (χ3n) is 12.4. The molecule has 0 spiro atoms. The van der Waals surface area contributed by atoms with Crippen LogP contribution in [-0.2, 0) is 6.61 Å². The van der Waals surface area contributed by atoms with E-state index in [-0.39, 0.29) is 0 Å². The van der Waals surface area contributed by atoms with E-state index < -0.39 is 0 Å². The Balaban J connectivity index is 0.00000244. The van der Waals surface area contributed by atoms with Crippen molar-refractivity contribution in [3.8, 4) is 62.2 Å². The molecule has 9 aromatic carbocycles. The molecule has 67 heavy (non-hydrogen) atoms. The summed E-state index contributed by atoms with van der Waals surface area (Å²) in [6, 6.07) is 78.2. The molecule has 6 nitrogen and oxygen atoms in total. The molecule has 0 amide bonds. The maximum Gasteiger partial charge on any atom is 0.235 e. The summed E-state index contributed by atoms with van der Waals surface area (Å²) < 4.78 is 11.4. The maximum atomic E-state index is 6.92. The molecular formula is C61H47N5O. The van der Waals surface area contributed by atoms with Gasteiger partial charge >= 0.3 is 0 Å². The van der Waals surface area contributed by atoms with Gasteiger partial charge in [-0.1, -0.05) is 190 Å². The van der Waals surface area contributed by atoms with Crippen LogP contribution < -0.4 is 10.5 Å². The van der Waals surface area contributed by atoms with Gasteiger partial charge in [-0.15, -0.1) is 0 Å². The van der Waals surface area contributed by atoms with Crippen LogP contribution in [0.4, 0.5) is 5.69 Å². The van der Waals surface area contributed by atoms with Gasteiger partial charge < -0.3 is 15.0 Å². The van der Waals surface area contributed by atoms with E-state index in [0.717, 1.165) is 77.7 Å². The lowest BCUT2D eigenvalue weighted by Crippen LogP contribution is -2.06. The fourth-order valence-electron chi connectivity index (χ4n) is 9.37. The van der Waals surface area contributed by atoms with E-state index in [1.54, 1.807) is 0 Å². The molecule has 0 saturated carbocycles. The molecule has 3 heterocycles. The molecule has 0 aliphatic heterocycles. The van der Waals surface area contributed by atoms with E-state index in [9.17, 15) is 0 Å². The Labute approximate surface area is 389 Å². The number of nitrogens with zero attached hydrogens (tertiary/aromatic N) is 4. The van der Waals surface area contributed by atoms with Crippen molar-refractivity contribution in [2.24, 2.45) is 0 Å². The highest BCUT2D eigenvalue weighted by Crippen LogP contribution is 2.45. The second-order valence-electron chi connectivity index (χ2n) is 16.4. The fourth-order valence-corrected chi connectivity index (χ4v) is 9.37. The van der Waals surface area contributed by atoms with Crippen LogP contribution >= 0.6 is 0 Å². The van der Waals surface area contributed by atoms with Crippen molar-refractivity contribution in [2.75, 3.05) is 5.73 Å². The zero-order valence-electron chi connectivity index (χ0n) is 37.3. The summed E-state index contributed by atoms with van der Waals surface area (Å²) in [5.41, 5.74) is 21.7. The van der Waals surface area contributed by atoms with Crippen molar-refractivity contribution in [3.05, 3.63) is 230 Å². The zero-order chi connectivity index (χ0) is 45.3. The number of nitrogens with two attached hydrogens (primary N) is 1. The highest BCUT2D eigenvalue weighted by Gasteiger charge is 2.25. The summed E-state index contributed by atoms with van der Waals surface area (Å²) in [6.45, 7) is 4.36. The van der Waals surface area contributed by atoms with E-state index in [2.05, 4.69) is 197 Å². The topological polar surface area (TPSA) is 70.9 Å². The summed E-state index contributed by atoms with van der Waals surface area (Å²) >= 11 is 0. The number of nitrogen functional groups attached to an aromatic ring is 1. The number of rotatable bonds is 9. The molecule has 6 heteroatoms. The Morgan fingerprint density at radius 1 is 0.418 bits per heavy atom. The van der Waals surface area contributed by atoms with Gasteiger partial charge in [0.2, 0.25) is 5.95 Å². The predicted molar refractivity (Wildman–Crippen MR) is 279 cm³/mol. The molecule has 0 bridgehead atoms. The van der Waals surface area contributed by atoms with Gasteiger partial charge in [-0.25, -0.2) is 9.97 Å². The Kier molecular flexibility index (Phi) is 10.8. The standard InChI is InChI=1S/C59H41N5O.C2H6/c60-49-32-34-54-56(58(49)65-38-39-17-5-1-6-18-39)47-28-16-30-55(63-52-29-14-13-27-46(52)48-36-44(31-33-53(48)63)41-21-9-3-10-22-41)57(47)64(54)59-61-50(42-23-11-4-12-24-42)37-51(62-59)45-26-15-25-43(35-45)40-19-7-2-8-20-40;1-2/h1-37H,38,60H2;1-2H3. The Morgan fingerprint density at radius 3 is 1.67 bits per heavy atom. The summed E-state index contributed by atoms with van der Waals surface area (Å²) in [5, 5.41) is 4.20. The van der Waals surface area contributed by atoms with Crippen molar-refractivity contribution >= 4 is 49.3 Å². The highest BCUT2D eigenvalue weighted by atomic mass is 16.5. The number of ether oxygens (including phenoxy) is 1. The first kappa shape index (κ1) is 41.0. The van der Waals surface area contributed by atoms with E-state index in [4.69, 9.17) is 20.4 Å². The number of anilines is 1. The molecule has 0 aliphatic rings. The van der Waals surface area contributed by atoms with Crippen molar-refractivity contribution in [2.45, 2.75) is 20.5 Å². The molecule has 322 valence electrons. The molecule has 3 aromatic heterocycles. The van der Waals surface area contributed by atoms with Crippen LogP contribution in [0, 0.1) is 0 Å². The average molecular weight is 866 g/mol. The van der Waals surface area contributed by atoms with Crippen LogP contribution in [0.1, 0.15) is 19.4 Å². The quantitative estimate of drug-likeness (QED) is 0.147. The summed E-state index contributed by atoms with van der Waals surface area (Å²) in [5.74, 6) is 1.15. The summed E-state index contributed by atoms with van der Waals surface area (Å²) in [7, 11) is 0. The van der Waals surface area contributed by atoms with Gasteiger partial charge in [0, 0.05) is 27.3 Å². The van der Waals surface area contributed by atoms with Crippen LogP contribution in [0.15, 0.2) is 224 Å². The van der Waals surface area contributed by atoms with E-state index in [1.807, 2.05) is 50.2 Å². The van der Waals surface area contributed by atoms with Gasteiger partial charge in [0.05, 0.1) is 50.2 Å². The zero-order valence-corrected chi connectivity index (χ0v) is 37.3. The molecule has 0 fully saturated rings. The van der Waals surface area contributed by atoms with Crippen LogP contribution in [-0.4, -0.2) is 19.1 Å². The molecule has 12 aromatic rings. The minimum atomic E-state index is 0.356.